The number of ether oxygens (including phenoxy) is 1. The van der Waals surface area contributed by atoms with Crippen LogP contribution < -0.4 is 4.74 Å². The highest BCUT2D eigenvalue weighted by Crippen LogP contribution is 2.34. The van der Waals surface area contributed by atoms with Crippen molar-refractivity contribution in [3.8, 4) is 17.6 Å². The lowest BCUT2D eigenvalue weighted by Gasteiger charge is -2.37. The van der Waals surface area contributed by atoms with Crippen LogP contribution in [0, 0.1) is 23.7 Å². The number of aliphatic carboxylic acids is 1. The fraction of sp³-hybridized carbons (Fsp3) is 0.407. The average Bonchev–Trinajstić information content (AvgIpc) is 3.36. The highest BCUT2D eigenvalue weighted by molar-refractivity contribution is 7.10. The minimum atomic E-state index is -0.769. The Kier molecular flexibility index (Phi) is 8.17. The zero-order chi connectivity index (χ0) is 23.9. The number of carboxylic acid groups (broad SMARTS) is 1. The van der Waals surface area contributed by atoms with E-state index in [0.29, 0.717) is 13.0 Å². The smallest absolute Gasteiger partial charge is 0.303 e. The molecule has 4 rings (SSSR count). The molecule has 1 aromatic carbocycles. The standard InChI is InChI=1S/C27H30N2O4S/c1-33-21-7-8-25-24(17-21)23(10-12-28-25)26(30)9-6-19-11-14-29(18-20(19)16-27(31)32)13-2-4-22-5-3-15-34-22/h3,5,7-8,10,12,15,17,19-20,26,30H,6,9,11,13-14,16,18H2,1H3,(H,31,32)/t19?,20?,26-/m0/s1. The van der Waals surface area contributed by atoms with Crippen molar-refractivity contribution in [1.29, 1.82) is 0 Å². The number of aliphatic hydroxyl groups excluding tert-OH is 1. The number of carboxylic acids is 1. The number of hydrogen-bond acceptors (Lipinski definition) is 6. The molecule has 6 nitrogen and oxygen atoms in total. The first-order chi connectivity index (χ1) is 16.5. The van der Waals surface area contributed by atoms with E-state index < -0.39 is 12.1 Å². The Labute approximate surface area is 204 Å². The number of likely N-dealkylation sites (tertiary alicyclic amines) is 1. The molecule has 1 aliphatic rings. The molecular weight excluding hydrogens is 448 g/mol. The molecule has 0 amide bonds. The van der Waals surface area contributed by atoms with Gasteiger partial charge in [0.1, 0.15) is 5.75 Å². The third-order valence-corrected chi connectivity index (χ3v) is 7.39. The van der Waals surface area contributed by atoms with Crippen LogP contribution in [0.2, 0.25) is 0 Å². The summed E-state index contributed by atoms with van der Waals surface area (Å²) >= 11 is 1.62. The summed E-state index contributed by atoms with van der Waals surface area (Å²) in [5.41, 5.74) is 1.65. The van der Waals surface area contributed by atoms with Crippen molar-refractivity contribution in [1.82, 2.24) is 9.88 Å². The molecule has 3 aromatic rings. The van der Waals surface area contributed by atoms with Crippen molar-refractivity contribution in [3.05, 3.63) is 58.4 Å². The van der Waals surface area contributed by atoms with E-state index in [2.05, 4.69) is 21.7 Å². The Morgan fingerprint density at radius 3 is 2.97 bits per heavy atom. The number of aromatic nitrogens is 1. The van der Waals surface area contributed by atoms with Gasteiger partial charge in [0.05, 0.1) is 30.2 Å². The molecule has 34 heavy (non-hydrogen) atoms. The summed E-state index contributed by atoms with van der Waals surface area (Å²) in [4.78, 5) is 19.2. The van der Waals surface area contributed by atoms with E-state index in [1.54, 1.807) is 24.6 Å². The topological polar surface area (TPSA) is 82.9 Å². The van der Waals surface area contributed by atoms with Gasteiger partial charge in [0.25, 0.3) is 0 Å². The number of hydrogen-bond donors (Lipinski definition) is 2. The normalized spacial score (nSPS) is 19.4. The van der Waals surface area contributed by atoms with E-state index in [1.165, 1.54) is 0 Å². The first kappa shape index (κ1) is 24.2. The lowest BCUT2D eigenvalue weighted by atomic mass is 9.79. The molecule has 1 fully saturated rings. The minimum absolute atomic E-state index is 0.0521. The molecule has 0 aliphatic carbocycles. The number of fused-ring (bicyclic) bond motifs is 1. The molecule has 0 radical (unpaired) electrons. The maximum Gasteiger partial charge on any atom is 0.303 e. The second-order valence-electron chi connectivity index (χ2n) is 8.80. The number of nitrogens with zero attached hydrogens (tertiary/aromatic N) is 2. The van der Waals surface area contributed by atoms with Crippen molar-refractivity contribution in [3.63, 3.8) is 0 Å². The number of methoxy groups -OCH3 is 1. The summed E-state index contributed by atoms with van der Waals surface area (Å²) in [6, 6.07) is 11.5. The van der Waals surface area contributed by atoms with Gasteiger partial charge in [-0.1, -0.05) is 17.9 Å². The molecule has 1 saturated heterocycles. The van der Waals surface area contributed by atoms with Crippen molar-refractivity contribution in [2.45, 2.75) is 31.8 Å². The van der Waals surface area contributed by atoms with Crippen molar-refractivity contribution < 1.29 is 19.7 Å². The Morgan fingerprint density at radius 2 is 2.21 bits per heavy atom. The molecular formula is C27H30N2O4S. The molecule has 0 bridgehead atoms. The second kappa shape index (κ2) is 11.5. The largest absolute Gasteiger partial charge is 0.497 e. The molecule has 2 unspecified atom stereocenters. The van der Waals surface area contributed by atoms with Gasteiger partial charge in [-0.25, -0.2) is 0 Å². The van der Waals surface area contributed by atoms with Gasteiger partial charge < -0.3 is 14.9 Å². The summed E-state index contributed by atoms with van der Waals surface area (Å²) in [6.07, 6.45) is 3.49. The van der Waals surface area contributed by atoms with Gasteiger partial charge >= 0.3 is 5.97 Å². The van der Waals surface area contributed by atoms with Crippen LogP contribution in [0.3, 0.4) is 0 Å². The summed E-state index contributed by atoms with van der Waals surface area (Å²) in [5, 5.41) is 23.4. The van der Waals surface area contributed by atoms with Gasteiger partial charge in [-0.05, 0) is 78.9 Å². The van der Waals surface area contributed by atoms with Crippen LogP contribution >= 0.6 is 11.3 Å². The van der Waals surface area contributed by atoms with Gasteiger partial charge in [-0.3, -0.25) is 14.7 Å². The maximum atomic E-state index is 11.5. The maximum absolute atomic E-state index is 11.5. The van der Waals surface area contributed by atoms with Crippen LogP contribution in [0.5, 0.6) is 5.75 Å². The number of thiophene rings is 1. The Bertz CT molecular complexity index is 1170. The highest BCUT2D eigenvalue weighted by Gasteiger charge is 2.31. The quantitative estimate of drug-likeness (QED) is 0.461. The summed E-state index contributed by atoms with van der Waals surface area (Å²) in [5.74, 6) is 6.68. The van der Waals surface area contributed by atoms with E-state index in [1.807, 2.05) is 41.8 Å². The number of aliphatic hydroxyl groups is 1. The summed E-state index contributed by atoms with van der Waals surface area (Å²) < 4.78 is 5.34. The Balaban J connectivity index is 1.39. The van der Waals surface area contributed by atoms with E-state index >= 15 is 0 Å². The van der Waals surface area contributed by atoms with Gasteiger partial charge in [0, 0.05) is 24.5 Å². The fourth-order valence-electron chi connectivity index (χ4n) is 4.81. The molecule has 7 heteroatoms. The molecule has 0 saturated carbocycles. The van der Waals surface area contributed by atoms with Crippen LogP contribution in [0.1, 0.15) is 42.2 Å². The first-order valence-corrected chi connectivity index (χ1v) is 12.5. The summed E-state index contributed by atoms with van der Waals surface area (Å²) in [6.45, 7) is 2.27. The number of piperidine rings is 1. The lowest BCUT2D eigenvalue weighted by molar-refractivity contribution is -0.139. The first-order valence-electron chi connectivity index (χ1n) is 11.6. The predicted octanol–water partition coefficient (Wildman–Crippen LogP) is 4.58. The molecule has 178 valence electrons. The van der Waals surface area contributed by atoms with Gasteiger partial charge in [-0.2, -0.15) is 0 Å². The number of benzene rings is 1. The Morgan fingerprint density at radius 1 is 1.32 bits per heavy atom. The van der Waals surface area contributed by atoms with E-state index in [9.17, 15) is 15.0 Å². The number of rotatable bonds is 8. The Hall–Kier alpha value is -2.92. The molecule has 2 N–H and O–H groups in total. The van der Waals surface area contributed by atoms with Crippen molar-refractivity contribution in [2.24, 2.45) is 11.8 Å². The van der Waals surface area contributed by atoms with E-state index in [0.717, 1.165) is 53.0 Å². The molecule has 0 spiro atoms. The lowest BCUT2D eigenvalue weighted by Crippen LogP contribution is -2.41. The third-order valence-electron chi connectivity index (χ3n) is 6.60. The van der Waals surface area contributed by atoms with Crippen molar-refractivity contribution >= 4 is 28.2 Å². The molecule has 1 aliphatic heterocycles. The number of pyridine rings is 1. The zero-order valence-corrected chi connectivity index (χ0v) is 20.1. The highest BCUT2D eigenvalue weighted by atomic mass is 32.1. The van der Waals surface area contributed by atoms with Gasteiger partial charge in [-0.15, -0.1) is 11.3 Å². The van der Waals surface area contributed by atoms with Gasteiger partial charge in [0.2, 0.25) is 0 Å². The second-order valence-corrected chi connectivity index (χ2v) is 9.74. The SMILES string of the molecule is COc1ccc2nccc([C@@H](O)CCC3CCN(CC#Cc4cccs4)CC3CC(=O)O)c2c1. The average molecular weight is 479 g/mol. The van der Waals surface area contributed by atoms with Crippen molar-refractivity contribution in [2.75, 3.05) is 26.7 Å². The monoisotopic (exact) mass is 478 g/mol. The van der Waals surface area contributed by atoms with Crippen LogP contribution in [-0.4, -0.2) is 52.8 Å². The van der Waals surface area contributed by atoms with E-state index in [4.69, 9.17) is 4.74 Å². The predicted molar refractivity (Wildman–Crippen MR) is 134 cm³/mol. The van der Waals surface area contributed by atoms with Crippen LogP contribution in [0.25, 0.3) is 10.9 Å². The third kappa shape index (κ3) is 6.15. The minimum Gasteiger partial charge on any atom is -0.497 e. The van der Waals surface area contributed by atoms with Gasteiger partial charge in [0.15, 0.2) is 0 Å². The molecule has 2 aromatic heterocycles. The number of carbonyl (C=O) groups is 1. The van der Waals surface area contributed by atoms with Crippen LogP contribution in [0.4, 0.5) is 0 Å². The van der Waals surface area contributed by atoms with Crippen LogP contribution in [-0.2, 0) is 4.79 Å². The van der Waals surface area contributed by atoms with Crippen LogP contribution in [0.15, 0.2) is 48.0 Å². The fourth-order valence-corrected chi connectivity index (χ4v) is 5.41. The molecule has 3 heterocycles. The van der Waals surface area contributed by atoms with E-state index in [-0.39, 0.29) is 18.3 Å². The zero-order valence-electron chi connectivity index (χ0n) is 19.3. The summed E-state index contributed by atoms with van der Waals surface area (Å²) in [7, 11) is 1.62. The molecule has 3 atom stereocenters.